The number of ketones is 1. The van der Waals surface area contributed by atoms with Crippen LogP contribution in [0.5, 0.6) is 0 Å². The maximum atomic E-state index is 12.1. The Morgan fingerprint density at radius 2 is 1.82 bits per heavy atom. The predicted molar refractivity (Wildman–Crippen MR) is 64.4 cm³/mol. The first-order valence-corrected chi connectivity index (χ1v) is 6.40. The van der Waals surface area contributed by atoms with E-state index in [-0.39, 0.29) is 12.0 Å². The van der Waals surface area contributed by atoms with Gasteiger partial charge in [0.05, 0.1) is 0 Å². The number of hydroxylamine groups is 2. The lowest BCUT2D eigenvalue weighted by atomic mass is 9.95. The van der Waals surface area contributed by atoms with E-state index < -0.39 is 0 Å². The van der Waals surface area contributed by atoms with Crippen molar-refractivity contribution in [1.82, 2.24) is 5.06 Å². The summed E-state index contributed by atoms with van der Waals surface area (Å²) in [6.07, 6.45) is 5.85. The zero-order valence-corrected chi connectivity index (χ0v) is 9.84. The molecule has 90 valence electrons. The van der Waals surface area contributed by atoms with Gasteiger partial charge in [0.15, 0.2) is 0 Å². The van der Waals surface area contributed by atoms with Crippen molar-refractivity contribution in [3.63, 3.8) is 0 Å². The Morgan fingerprint density at radius 3 is 2.53 bits per heavy atom. The van der Waals surface area contributed by atoms with Gasteiger partial charge in [0, 0.05) is 11.6 Å². The van der Waals surface area contributed by atoms with Crippen molar-refractivity contribution in [1.29, 1.82) is 0 Å². The van der Waals surface area contributed by atoms with Crippen molar-refractivity contribution in [3.8, 4) is 0 Å². The molecule has 2 unspecified atom stereocenters. The highest BCUT2D eigenvalue weighted by Crippen LogP contribution is 2.34. The summed E-state index contributed by atoms with van der Waals surface area (Å²) in [5.41, 5.74) is 0.746. The molecule has 1 aliphatic heterocycles. The van der Waals surface area contributed by atoms with Gasteiger partial charge in [0.25, 0.3) is 0 Å². The van der Waals surface area contributed by atoms with Gasteiger partial charge in [0.1, 0.15) is 0 Å². The van der Waals surface area contributed by atoms with Gasteiger partial charge in [-0.3, -0.25) is 9.63 Å². The van der Waals surface area contributed by atoms with Gasteiger partial charge in [-0.15, -0.1) is 5.06 Å². The summed E-state index contributed by atoms with van der Waals surface area (Å²) in [5, 5.41) is 1.90. The zero-order valence-electron chi connectivity index (χ0n) is 9.84. The molecule has 1 aliphatic carbocycles. The minimum atomic E-state index is -0.319. The number of hydrogen-bond acceptors (Lipinski definition) is 3. The van der Waals surface area contributed by atoms with E-state index in [0.29, 0.717) is 6.04 Å². The van der Waals surface area contributed by atoms with Gasteiger partial charge in [-0.05, 0) is 12.8 Å². The van der Waals surface area contributed by atoms with Gasteiger partial charge in [0.2, 0.25) is 12.0 Å². The van der Waals surface area contributed by atoms with E-state index in [2.05, 4.69) is 0 Å². The van der Waals surface area contributed by atoms with Crippen LogP contribution in [0.4, 0.5) is 0 Å². The molecule has 17 heavy (non-hydrogen) atoms. The molecule has 3 nitrogen and oxygen atoms in total. The maximum absolute atomic E-state index is 12.1. The average Bonchev–Trinajstić information content (AvgIpc) is 3.20. The first-order chi connectivity index (χ1) is 8.36. The second-order valence-electron chi connectivity index (χ2n) is 4.84. The van der Waals surface area contributed by atoms with Crippen LogP contribution in [-0.2, 0) is 4.84 Å². The highest BCUT2D eigenvalue weighted by molar-refractivity contribution is 6.00. The van der Waals surface area contributed by atoms with Crippen molar-refractivity contribution in [2.75, 3.05) is 0 Å². The van der Waals surface area contributed by atoms with Crippen molar-refractivity contribution in [2.24, 2.45) is 0 Å². The van der Waals surface area contributed by atoms with Crippen LogP contribution in [0, 0.1) is 0 Å². The Hall–Kier alpha value is -1.19. The van der Waals surface area contributed by atoms with Gasteiger partial charge in [-0.2, -0.15) is 0 Å². The third kappa shape index (κ3) is 2.26. The minimum Gasteiger partial charge on any atom is -0.289 e. The monoisotopic (exact) mass is 231 g/mol. The summed E-state index contributed by atoms with van der Waals surface area (Å²) in [6, 6.07) is 9.86. The lowest BCUT2D eigenvalue weighted by Crippen LogP contribution is -2.26. The number of carbonyl (C=O) groups is 1. The zero-order chi connectivity index (χ0) is 11.7. The van der Waals surface area contributed by atoms with Crippen molar-refractivity contribution < 1.29 is 9.63 Å². The molecule has 1 saturated carbocycles. The molecule has 0 radical (unpaired) electrons. The van der Waals surface area contributed by atoms with E-state index in [9.17, 15) is 4.79 Å². The molecule has 1 aromatic rings. The van der Waals surface area contributed by atoms with Gasteiger partial charge in [-0.25, -0.2) is 0 Å². The summed E-state index contributed by atoms with van der Waals surface area (Å²) in [7, 11) is 0. The Bertz CT molecular complexity index is 398. The summed E-state index contributed by atoms with van der Waals surface area (Å²) < 4.78 is 0. The largest absolute Gasteiger partial charge is 0.289 e. The fourth-order valence-corrected chi connectivity index (χ4v) is 2.61. The summed E-state index contributed by atoms with van der Waals surface area (Å²) in [6.45, 7) is 0. The summed E-state index contributed by atoms with van der Waals surface area (Å²) in [5.74, 6) is 0.0937. The number of hydrogen-bond donors (Lipinski definition) is 0. The lowest BCUT2D eigenvalue weighted by Gasteiger charge is -2.20. The summed E-state index contributed by atoms with van der Waals surface area (Å²) in [4.78, 5) is 17.5. The third-order valence-corrected chi connectivity index (χ3v) is 3.62. The lowest BCUT2D eigenvalue weighted by molar-refractivity contribution is 0.0953. The van der Waals surface area contributed by atoms with E-state index in [1.165, 1.54) is 32.1 Å². The van der Waals surface area contributed by atoms with Gasteiger partial charge >= 0.3 is 0 Å². The molecule has 1 saturated heterocycles. The van der Waals surface area contributed by atoms with Crippen LogP contribution in [-0.4, -0.2) is 23.1 Å². The molecule has 0 spiro atoms. The van der Waals surface area contributed by atoms with Gasteiger partial charge < -0.3 is 0 Å². The number of nitrogens with zero attached hydrogens (tertiary/aromatic N) is 1. The molecule has 0 N–H and O–H groups in total. The van der Waals surface area contributed by atoms with E-state index in [1.807, 2.05) is 35.4 Å². The quantitative estimate of drug-likeness (QED) is 0.592. The van der Waals surface area contributed by atoms with Crippen LogP contribution in [0.15, 0.2) is 30.3 Å². The molecule has 3 rings (SSSR count). The highest BCUT2D eigenvalue weighted by atomic mass is 16.8. The van der Waals surface area contributed by atoms with Crippen LogP contribution in [0.3, 0.4) is 0 Å². The number of carbonyl (C=O) groups excluding carboxylic acids is 1. The average molecular weight is 231 g/mol. The van der Waals surface area contributed by atoms with Crippen LogP contribution >= 0.6 is 0 Å². The Labute approximate surface area is 101 Å². The molecule has 1 heterocycles. The molecular formula is C14H17NO2. The second kappa shape index (κ2) is 4.59. The fourth-order valence-electron chi connectivity index (χ4n) is 2.61. The molecular weight excluding hydrogens is 214 g/mol. The van der Waals surface area contributed by atoms with E-state index in [4.69, 9.17) is 4.84 Å². The number of Topliss-reactive ketones (excluding diaryl/α,β-unsaturated/α-hetero) is 1. The van der Waals surface area contributed by atoms with Crippen molar-refractivity contribution >= 4 is 5.78 Å². The number of rotatable bonds is 3. The van der Waals surface area contributed by atoms with Crippen LogP contribution < -0.4 is 0 Å². The molecule has 3 heteroatoms. The van der Waals surface area contributed by atoms with E-state index in [0.717, 1.165) is 5.56 Å². The van der Waals surface area contributed by atoms with Crippen molar-refractivity contribution in [3.05, 3.63) is 35.9 Å². The van der Waals surface area contributed by atoms with Crippen LogP contribution in [0.1, 0.15) is 42.5 Å². The van der Waals surface area contributed by atoms with Crippen molar-refractivity contribution in [2.45, 2.75) is 44.4 Å². The Balaban J connectivity index is 1.62. The highest BCUT2D eigenvalue weighted by Gasteiger charge is 2.47. The first-order valence-electron chi connectivity index (χ1n) is 6.40. The third-order valence-electron chi connectivity index (χ3n) is 3.62. The van der Waals surface area contributed by atoms with Crippen LogP contribution in [0.2, 0.25) is 0 Å². The minimum absolute atomic E-state index is 0.0937. The topological polar surface area (TPSA) is 32.6 Å². The molecule has 2 aliphatic rings. The Morgan fingerprint density at radius 1 is 1.12 bits per heavy atom. The van der Waals surface area contributed by atoms with Crippen LogP contribution in [0.25, 0.3) is 0 Å². The molecule has 1 aromatic carbocycles. The summed E-state index contributed by atoms with van der Waals surface area (Å²) >= 11 is 0. The number of benzene rings is 1. The molecule has 2 fully saturated rings. The maximum Gasteiger partial charge on any atom is 0.217 e. The Kier molecular flexibility index (Phi) is 2.95. The molecule has 0 aromatic heterocycles. The molecule has 0 amide bonds. The van der Waals surface area contributed by atoms with E-state index >= 15 is 0 Å². The van der Waals surface area contributed by atoms with Gasteiger partial charge in [-0.1, -0.05) is 49.6 Å². The normalized spacial score (nSPS) is 28.9. The van der Waals surface area contributed by atoms with E-state index in [1.54, 1.807) is 0 Å². The molecule has 0 bridgehead atoms. The molecule has 2 atom stereocenters. The first kappa shape index (κ1) is 10.9. The standard InChI is InChI=1S/C14H17NO2/c16-13(11-7-3-1-4-8-11)14-15(17-14)12-9-5-2-6-10-12/h1,3-4,7-8,12,14H,2,5-6,9-10H2. The smallest absolute Gasteiger partial charge is 0.217 e. The fraction of sp³-hybridized carbons (Fsp3) is 0.500. The predicted octanol–water partition coefficient (Wildman–Crippen LogP) is 2.78. The SMILES string of the molecule is O=C(c1ccccc1)C1ON1C1CCCCC1. The second-order valence-corrected chi connectivity index (χ2v) is 4.84.